The molecule has 0 saturated heterocycles. The lowest BCUT2D eigenvalue weighted by atomic mass is 10.0. The van der Waals surface area contributed by atoms with Crippen molar-refractivity contribution in [1.82, 2.24) is 10.2 Å². The number of rotatable bonds is 15. The average Bonchev–Trinajstić information content (AvgIpc) is 3.07. The highest BCUT2D eigenvalue weighted by Gasteiger charge is 2.35. The summed E-state index contributed by atoms with van der Waals surface area (Å²) in [7, 11) is -4.35. The van der Waals surface area contributed by atoms with E-state index in [-0.39, 0.29) is 35.5 Å². The molecule has 0 bridgehead atoms. The summed E-state index contributed by atoms with van der Waals surface area (Å²) >= 11 is 0. The van der Waals surface area contributed by atoms with Gasteiger partial charge in [-0.1, -0.05) is 67.1 Å². The van der Waals surface area contributed by atoms with Crippen molar-refractivity contribution in [2.45, 2.75) is 64.1 Å². The van der Waals surface area contributed by atoms with Crippen LogP contribution in [0.5, 0.6) is 5.75 Å². The monoisotopic (exact) mass is 659 g/mol. The van der Waals surface area contributed by atoms with Gasteiger partial charge >= 0.3 is 0 Å². The molecule has 0 radical (unpaired) electrons. The fourth-order valence-corrected chi connectivity index (χ4v) is 6.44. The smallest absolute Gasteiger partial charge is 0.264 e. The van der Waals surface area contributed by atoms with Crippen molar-refractivity contribution < 1.29 is 27.1 Å². The fourth-order valence-electron chi connectivity index (χ4n) is 5.02. The number of carbonyl (C=O) groups is 2. The van der Waals surface area contributed by atoms with E-state index in [2.05, 4.69) is 5.32 Å². The van der Waals surface area contributed by atoms with Gasteiger partial charge in [0.05, 0.1) is 17.2 Å². The number of halogens is 1. The quantitative estimate of drug-likeness (QED) is 0.162. The summed E-state index contributed by atoms with van der Waals surface area (Å²) < 4.78 is 48.6. The largest absolute Gasteiger partial charge is 0.494 e. The van der Waals surface area contributed by atoms with Gasteiger partial charge in [0.15, 0.2) is 0 Å². The van der Waals surface area contributed by atoms with Crippen LogP contribution < -0.4 is 14.4 Å². The Bertz CT molecular complexity index is 1720. The molecule has 0 fully saturated rings. The maximum Gasteiger partial charge on any atom is 0.264 e. The van der Waals surface area contributed by atoms with Gasteiger partial charge in [0.25, 0.3) is 10.0 Å². The van der Waals surface area contributed by atoms with E-state index in [9.17, 15) is 22.4 Å². The predicted octanol–water partition coefficient (Wildman–Crippen LogP) is 6.28. The second-order valence-corrected chi connectivity index (χ2v) is 13.3. The molecule has 10 heteroatoms. The van der Waals surface area contributed by atoms with E-state index in [1.54, 1.807) is 24.3 Å². The van der Waals surface area contributed by atoms with E-state index < -0.39 is 34.3 Å². The van der Waals surface area contributed by atoms with Gasteiger partial charge < -0.3 is 15.0 Å². The lowest BCUT2D eigenvalue weighted by molar-refractivity contribution is -0.140. The van der Waals surface area contributed by atoms with E-state index in [1.807, 2.05) is 82.3 Å². The predicted molar refractivity (Wildman–Crippen MR) is 182 cm³/mol. The van der Waals surface area contributed by atoms with Crippen molar-refractivity contribution in [3.63, 3.8) is 0 Å². The molecule has 47 heavy (non-hydrogen) atoms. The lowest BCUT2D eigenvalue weighted by Gasteiger charge is -2.34. The minimum absolute atomic E-state index is 0.0677. The number of hydrogen-bond acceptors (Lipinski definition) is 5. The summed E-state index contributed by atoms with van der Waals surface area (Å²) in [6.45, 7) is 7.53. The average molecular weight is 660 g/mol. The maximum absolute atomic E-state index is 14.5. The molecular weight excluding hydrogens is 617 g/mol. The zero-order valence-electron chi connectivity index (χ0n) is 27.2. The fraction of sp³-hybridized carbons (Fsp3) is 0.297. The van der Waals surface area contributed by atoms with Crippen LogP contribution in [-0.4, -0.2) is 50.4 Å². The second kappa shape index (κ2) is 16.2. The van der Waals surface area contributed by atoms with Gasteiger partial charge in [-0.2, -0.15) is 0 Å². The molecule has 0 aromatic heterocycles. The molecule has 8 nitrogen and oxygen atoms in total. The molecule has 0 spiro atoms. The minimum Gasteiger partial charge on any atom is -0.494 e. The number of ether oxygens (including phenoxy) is 1. The van der Waals surface area contributed by atoms with Crippen molar-refractivity contribution in [2.75, 3.05) is 17.5 Å². The Morgan fingerprint density at radius 1 is 0.851 bits per heavy atom. The van der Waals surface area contributed by atoms with E-state index >= 15 is 0 Å². The van der Waals surface area contributed by atoms with Gasteiger partial charge in [-0.25, -0.2) is 12.8 Å². The lowest BCUT2D eigenvalue weighted by Crippen LogP contribution is -2.54. The Morgan fingerprint density at radius 3 is 2.09 bits per heavy atom. The van der Waals surface area contributed by atoms with Crippen molar-refractivity contribution >= 4 is 27.5 Å². The third-order valence-electron chi connectivity index (χ3n) is 7.86. The first-order valence-corrected chi connectivity index (χ1v) is 17.2. The van der Waals surface area contributed by atoms with Gasteiger partial charge in [0.1, 0.15) is 24.2 Å². The van der Waals surface area contributed by atoms with E-state index in [1.165, 1.54) is 17.0 Å². The first kappa shape index (κ1) is 35.2. The van der Waals surface area contributed by atoms with Crippen LogP contribution in [0.1, 0.15) is 43.9 Å². The zero-order valence-corrected chi connectivity index (χ0v) is 28.0. The van der Waals surface area contributed by atoms with Gasteiger partial charge in [0, 0.05) is 19.0 Å². The maximum atomic E-state index is 14.5. The molecule has 248 valence electrons. The summed E-state index contributed by atoms with van der Waals surface area (Å²) in [5.41, 5.74) is 2.88. The molecule has 4 aromatic carbocycles. The van der Waals surface area contributed by atoms with Gasteiger partial charge in [0.2, 0.25) is 11.8 Å². The number of anilines is 1. The van der Waals surface area contributed by atoms with Gasteiger partial charge in [-0.15, -0.1) is 0 Å². The zero-order chi connectivity index (χ0) is 34.0. The van der Waals surface area contributed by atoms with Crippen molar-refractivity contribution in [3.05, 3.63) is 126 Å². The van der Waals surface area contributed by atoms with Crippen LogP contribution in [0.15, 0.2) is 108 Å². The number of sulfonamides is 1. The summed E-state index contributed by atoms with van der Waals surface area (Å²) in [6, 6.07) is 26.7. The topological polar surface area (TPSA) is 96.0 Å². The first-order chi connectivity index (χ1) is 22.5. The highest BCUT2D eigenvalue weighted by atomic mass is 32.2. The van der Waals surface area contributed by atoms with E-state index in [0.29, 0.717) is 18.8 Å². The SMILES string of the molecule is CCOc1ccc(N(CC(=O)N(Cc2ccc(C)cc2)[C@@H](Cc2ccccc2)C(=O)N[C@@H](C)CC)S(=O)(=O)c2ccc(F)cc2)cc1. The number of aryl methyl sites for hydroxylation is 1. The summed E-state index contributed by atoms with van der Waals surface area (Å²) in [5, 5.41) is 3.03. The van der Waals surface area contributed by atoms with Crippen LogP contribution in [0.2, 0.25) is 0 Å². The van der Waals surface area contributed by atoms with Crippen molar-refractivity contribution in [3.8, 4) is 5.75 Å². The molecule has 0 saturated carbocycles. The minimum atomic E-state index is -4.35. The highest BCUT2D eigenvalue weighted by molar-refractivity contribution is 7.92. The third-order valence-corrected chi connectivity index (χ3v) is 9.65. The standard InChI is InChI=1S/C37H42FN3O5S/c1-5-28(4)39-37(43)35(24-29-10-8-7-9-11-29)40(25-30-14-12-27(3)13-15-30)36(42)26-41(32-18-20-33(21-19-32)46-6-2)47(44,45)34-22-16-31(38)17-23-34/h7-23,28,35H,5-6,24-26H2,1-4H3,(H,39,43)/t28-,35-/m0/s1. The number of carbonyl (C=O) groups excluding carboxylic acids is 2. The second-order valence-electron chi connectivity index (χ2n) is 11.4. The highest BCUT2D eigenvalue weighted by Crippen LogP contribution is 2.27. The summed E-state index contributed by atoms with van der Waals surface area (Å²) in [5.74, 6) is -0.969. The number of amides is 2. The van der Waals surface area contributed by atoms with E-state index in [0.717, 1.165) is 33.1 Å². The molecule has 4 aromatic rings. The molecule has 1 N–H and O–H groups in total. The van der Waals surface area contributed by atoms with Crippen molar-refractivity contribution in [2.24, 2.45) is 0 Å². The third kappa shape index (κ3) is 9.42. The first-order valence-electron chi connectivity index (χ1n) is 15.7. The number of nitrogens with one attached hydrogen (secondary N) is 1. The molecule has 2 atom stereocenters. The van der Waals surface area contributed by atoms with Crippen LogP contribution in [0.3, 0.4) is 0 Å². The molecule has 0 heterocycles. The Kier molecular flexibility index (Phi) is 12.1. The summed E-state index contributed by atoms with van der Waals surface area (Å²) in [6.07, 6.45) is 0.908. The number of hydrogen-bond donors (Lipinski definition) is 1. The Labute approximate surface area is 277 Å². The van der Waals surface area contributed by atoms with Crippen molar-refractivity contribution in [1.29, 1.82) is 0 Å². The molecule has 0 unspecified atom stereocenters. The molecule has 0 aliphatic rings. The van der Waals surface area contributed by atoms with E-state index in [4.69, 9.17) is 4.74 Å². The van der Waals surface area contributed by atoms with Crippen LogP contribution in [-0.2, 0) is 32.6 Å². The molecule has 2 amide bonds. The molecular formula is C37H42FN3O5S. The van der Waals surface area contributed by atoms with Crippen LogP contribution >= 0.6 is 0 Å². The summed E-state index contributed by atoms with van der Waals surface area (Å²) in [4.78, 5) is 29.7. The normalized spacial score (nSPS) is 12.5. The van der Waals surface area contributed by atoms with Gasteiger partial charge in [-0.05, 0) is 86.8 Å². The Balaban J connectivity index is 1.80. The Morgan fingerprint density at radius 2 is 1.49 bits per heavy atom. The van der Waals surface area contributed by atoms with Crippen LogP contribution in [0.4, 0.5) is 10.1 Å². The van der Waals surface area contributed by atoms with Gasteiger partial charge in [-0.3, -0.25) is 13.9 Å². The molecule has 0 aliphatic carbocycles. The molecule has 4 rings (SSSR count). The number of nitrogens with zero attached hydrogens (tertiary/aromatic N) is 2. The molecule has 0 aliphatic heterocycles. The van der Waals surface area contributed by atoms with Crippen LogP contribution in [0, 0.1) is 12.7 Å². The Hall–Kier alpha value is -4.70. The van der Waals surface area contributed by atoms with Crippen LogP contribution in [0.25, 0.3) is 0 Å². The number of benzene rings is 4.